The summed E-state index contributed by atoms with van der Waals surface area (Å²) in [6.45, 7) is 14.6. The number of carbonyl (C=O) groups excluding carboxylic acids is 1. The van der Waals surface area contributed by atoms with Crippen molar-refractivity contribution in [3.8, 4) is 0 Å². The monoisotopic (exact) mass is 365 g/mol. The van der Waals surface area contributed by atoms with Gasteiger partial charge in [-0.25, -0.2) is 0 Å². The minimum atomic E-state index is -0.297. The first kappa shape index (κ1) is 20.2. The fourth-order valence-corrected chi connectivity index (χ4v) is 4.50. The van der Waals surface area contributed by atoms with E-state index in [9.17, 15) is 4.79 Å². The molecule has 2 aliphatic rings. The van der Waals surface area contributed by atoms with Crippen LogP contribution in [0.1, 0.15) is 44.7 Å². The van der Waals surface area contributed by atoms with Gasteiger partial charge >= 0.3 is 0 Å². The average Bonchev–Trinajstić information content (AvgIpc) is 2.81. The van der Waals surface area contributed by atoms with Crippen LogP contribution in [-0.2, 0) is 4.79 Å². The summed E-state index contributed by atoms with van der Waals surface area (Å²) >= 11 is 0. The maximum absolute atomic E-state index is 13.5. The van der Waals surface area contributed by atoms with Gasteiger partial charge in [-0.15, -0.1) is 12.4 Å². The number of likely N-dealkylation sites (N-methyl/N-ethyl adjacent to an activating group) is 1. The third-order valence-corrected chi connectivity index (χ3v) is 6.01. The molecule has 1 aromatic rings. The SMILES string of the molecule is CCN1CN(c2c(C)cccc2C)C(=O)C12CCN(C(C)C)CC2.Cl. The Morgan fingerprint density at radius 2 is 1.68 bits per heavy atom. The Hall–Kier alpha value is -1.10. The van der Waals surface area contributed by atoms with Gasteiger partial charge in [0.2, 0.25) is 5.91 Å². The number of anilines is 1. The smallest absolute Gasteiger partial charge is 0.248 e. The highest BCUT2D eigenvalue weighted by Gasteiger charge is 2.53. The number of hydrogen-bond donors (Lipinski definition) is 0. The molecule has 2 heterocycles. The lowest BCUT2D eigenvalue weighted by Gasteiger charge is -2.43. The highest BCUT2D eigenvalue weighted by atomic mass is 35.5. The molecule has 2 saturated heterocycles. The summed E-state index contributed by atoms with van der Waals surface area (Å²) in [5.74, 6) is 0.310. The Morgan fingerprint density at radius 3 is 2.16 bits per heavy atom. The minimum Gasteiger partial charge on any atom is -0.301 e. The van der Waals surface area contributed by atoms with E-state index in [2.05, 4.69) is 62.6 Å². The molecule has 1 amide bonds. The topological polar surface area (TPSA) is 26.8 Å². The average molecular weight is 366 g/mol. The van der Waals surface area contributed by atoms with Gasteiger partial charge in [0.25, 0.3) is 0 Å². The largest absolute Gasteiger partial charge is 0.301 e. The molecule has 4 nitrogen and oxygen atoms in total. The molecule has 0 aromatic heterocycles. The molecule has 0 unspecified atom stereocenters. The van der Waals surface area contributed by atoms with Gasteiger partial charge in [-0.2, -0.15) is 0 Å². The molecule has 0 saturated carbocycles. The summed E-state index contributed by atoms with van der Waals surface area (Å²) in [4.78, 5) is 20.4. The fourth-order valence-electron chi connectivity index (χ4n) is 4.50. The number of piperidine rings is 1. The molecule has 140 valence electrons. The minimum absolute atomic E-state index is 0. The van der Waals surface area contributed by atoms with Crippen LogP contribution < -0.4 is 4.90 Å². The lowest BCUT2D eigenvalue weighted by Crippen LogP contribution is -2.57. The normalized spacial score (nSPS) is 21.2. The van der Waals surface area contributed by atoms with Crippen molar-refractivity contribution >= 4 is 24.0 Å². The Balaban J connectivity index is 0.00000225. The van der Waals surface area contributed by atoms with Gasteiger partial charge in [0.15, 0.2) is 0 Å². The van der Waals surface area contributed by atoms with E-state index in [0.29, 0.717) is 11.9 Å². The molecule has 1 aromatic carbocycles. The molecule has 0 bridgehead atoms. The first-order chi connectivity index (χ1) is 11.4. The van der Waals surface area contributed by atoms with Crippen molar-refractivity contribution in [2.75, 3.05) is 31.2 Å². The van der Waals surface area contributed by atoms with Crippen molar-refractivity contribution in [2.45, 2.75) is 59.0 Å². The lowest BCUT2D eigenvalue weighted by atomic mass is 9.85. The predicted octanol–water partition coefficient (Wildman–Crippen LogP) is 3.59. The number of benzene rings is 1. The number of nitrogens with zero attached hydrogens (tertiary/aromatic N) is 3. The maximum atomic E-state index is 13.5. The molecular formula is C20H32ClN3O. The van der Waals surface area contributed by atoms with E-state index in [4.69, 9.17) is 0 Å². The molecule has 0 atom stereocenters. The third kappa shape index (κ3) is 3.32. The van der Waals surface area contributed by atoms with Crippen molar-refractivity contribution in [1.29, 1.82) is 0 Å². The molecule has 2 aliphatic heterocycles. The summed E-state index contributed by atoms with van der Waals surface area (Å²) < 4.78 is 0. The number of carbonyl (C=O) groups is 1. The van der Waals surface area contributed by atoms with Gasteiger partial charge in [0.1, 0.15) is 5.54 Å². The second-order valence-corrected chi connectivity index (χ2v) is 7.63. The van der Waals surface area contributed by atoms with Crippen LogP contribution in [0.5, 0.6) is 0 Å². The number of amides is 1. The standard InChI is InChI=1S/C20H31N3O.ClH/c1-6-22-14-23(18-16(4)8-7-9-17(18)5)19(24)20(22)10-12-21(13-11-20)15(2)3;/h7-9,15H,6,10-14H2,1-5H3;1H. The second-order valence-electron chi connectivity index (χ2n) is 7.63. The van der Waals surface area contributed by atoms with Crippen LogP contribution >= 0.6 is 12.4 Å². The zero-order valence-electron chi connectivity index (χ0n) is 16.2. The van der Waals surface area contributed by atoms with Crippen molar-refractivity contribution in [3.63, 3.8) is 0 Å². The summed E-state index contributed by atoms with van der Waals surface area (Å²) in [7, 11) is 0. The molecule has 0 N–H and O–H groups in total. The molecule has 3 rings (SSSR count). The van der Waals surface area contributed by atoms with Crippen LogP contribution in [-0.4, -0.2) is 53.6 Å². The number of halogens is 1. The summed E-state index contributed by atoms with van der Waals surface area (Å²) in [6.07, 6.45) is 1.89. The van der Waals surface area contributed by atoms with E-state index in [-0.39, 0.29) is 17.9 Å². The van der Waals surface area contributed by atoms with E-state index in [1.165, 1.54) is 11.1 Å². The zero-order chi connectivity index (χ0) is 17.5. The zero-order valence-corrected chi connectivity index (χ0v) is 17.0. The Labute approximate surface area is 158 Å². The van der Waals surface area contributed by atoms with Gasteiger partial charge < -0.3 is 4.90 Å². The quantitative estimate of drug-likeness (QED) is 0.818. The van der Waals surface area contributed by atoms with E-state index >= 15 is 0 Å². The summed E-state index contributed by atoms with van der Waals surface area (Å²) in [5.41, 5.74) is 3.20. The molecule has 1 spiro atoms. The van der Waals surface area contributed by atoms with Crippen molar-refractivity contribution in [3.05, 3.63) is 29.3 Å². The van der Waals surface area contributed by atoms with Gasteiger partial charge in [0, 0.05) is 19.1 Å². The van der Waals surface area contributed by atoms with Crippen molar-refractivity contribution < 1.29 is 4.79 Å². The number of likely N-dealkylation sites (tertiary alicyclic amines) is 1. The van der Waals surface area contributed by atoms with Gasteiger partial charge in [-0.05, 0) is 58.2 Å². The van der Waals surface area contributed by atoms with Crippen molar-refractivity contribution in [1.82, 2.24) is 9.80 Å². The van der Waals surface area contributed by atoms with Gasteiger partial charge in [-0.3, -0.25) is 14.6 Å². The fraction of sp³-hybridized carbons (Fsp3) is 0.650. The molecule has 0 aliphatic carbocycles. The van der Waals surface area contributed by atoms with Gasteiger partial charge in [-0.1, -0.05) is 25.1 Å². The summed E-state index contributed by atoms with van der Waals surface area (Å²) in [5, 5.41) is 0. The molecule has 25 heavy (non-hydrogen) atoms. The van der Waals surface area contributed by atoms with Crippen molar-refractivity contribution in [2.24, 2.45) is 0 Å². The van der Waals surface area contributed by atoms with Crippen LogP contribution in [0.3, 0.4) is 0 Å². The number of aryl methyl sites for hydroxylation is 2. The number of hydrogen-bond acceptors (Lipinski definition) is 3. The molecule has 0 radical (unpaired) electrons. The van der Waals surface area contributed by atoms with E-state index < -0.39 is 0 Å². The first-order valence-corrected chi connectivity index (χ1v) is 9.28. The molecule has 5 heteroatoms. The number of rotatable bonds is 3. The molecular weight excluding hydrogens is 334 g/mol. The maximum Gasteiger partial charge on any atom is 0.248 e. The van der Waals surface area contributed by atoms with Crippen LogP contribution in [0.15, 0.2) is 18.2 Å². The Bertz CT molecular complexity index is 603. The Morgan fingerprint density at radius 1 is 1.12 bits per heavy atom. The highest BCUT2D eigenvalue weighted by Crippen LogP contribution is 2.40. The predicted molar refractivity (Wildman–Crippen MR) is 107 cm³/mol. The van der Waals surface area contributed by atoms with Crippen LogP contribution in [0.25, 0.3) is 0 Å². The van der Waals surface area contributed by atoms with Gasteiger partial charge in [0.05, 0.1) is 12.4 Å². The highest BCUT2D eigenvalue weighted by molar-refractivity contribution is 6.03. The Kier molecular flexibility index (Phi) is 6.18. The van der Waals surface area contributed by atoms with Crippen LogP contribution in [0.4, 0.5) is 5.69 Å². The van der Waals surface area contributed by atoms with E-state index in [1.807, 2.05) is 4.90 Å². The molecule has 2 fully saturated rings. The van der Waals surface area contributed by atoms with E-state index in [1.54, 1.807) is 0 Å². The van der Waals surface area contributed by atoms with E-state index in [0.717, 1.165) is 44.8 Å². The lowest BCUT2D eigenvalue weighted by molar-refractivity contribution is -0.127. The first-order valence-electron chi connectivity index (χ1n) is 9.28. The van der Waals surface area contributed by atoms with Crippen LogP contribution in [0, 0.1) is 13.8 Å². The number of para-hydroxylation sites is 1. The van der Waals surface area contributed by atoms with Crippen LogP contribution in [0.2, 0.25) is 0 Å². The second kappa shape index (κ2) is 7.65. The third-order valence-electron chi connectivity index (χ3n) is 6.01. The summed E-state index contributed by atoms with van der Waals surface area (Å²) in [6, 6.07) is 6.85.